The van der Waals surface area contributed by atoms with Crippen LogP contribution in [0.25, 0.3) is 0 Å². The van der Waals surface area contributed by atoms with Gasteiger partial charge in [0.1, 0.15) is 60.1 Å². The first-order valence-corrected chi connectivity index (χ1v) is 37.2. The molecule has 6 N–H and O–H groups in total. The van der Waals surface area contributed by atoms with Gasteiger partial charge in [0.05, 0.1) is 38.3 Å². The molecular formula is C77H123N13O15. The molecule has 2 saturated heterocycles. The molecule has 13 amide bonds. The Balaban J connectivity index is 2.00. The third kappa shape index (κ3) is 25.8. The van der Waals surface area contributed by atoms with Crippen LogP contribution in [0.5, 0.6) is 5.75 Å². The van der Waals surface area contributed by atoms with Crippen molar-refractivity contribution < 1.29 is 72.2 Å². The van der Waals surface area contributed by atoms with Crippen LogP contribution in [-0.2, 0) is 70.4 Å². The smallest absolute Gasteiger partial charge is 0.254 e. The van der Waals surface area contributed by atoms with E-state index in [-0.39, 0.29) is 98.8 Å². The highest BCUT2D eigenvalue weighted by Crippen LogP contribution is 2.26. The number of likely N-dealkylation sites (N-methyl/N-ethyl adjacent to an activating group) is 6. The number of benzene rings is 2. The van der Waals surface area contributed by atoms with Gasteiger partial charge in [-0.25, -0.2) is 0 Å². The molecule has 105 heavy (non-hydrogen) atoms. The van der Waals surface area contributed by atoms with Crippen molar-refractivity contribution >= 4 is 76.8 Å². The maximum absolute atomic E-state index is 15.7. The number of aliphatic hydroxyl groups excluding tert-OH is 1. The number of nitrogens with one attached hydrogen (secondary N) is 5. The van der Waals surface area contributed by atoms with E-state index in [2.05, 4.69) is 26.6 Å². The Morgan fingerprint density at radius 2 is 1.02 bits per heavy atom. The Morgan fingerprint density at radius 1 is 0.533 bits per heavy atom. The number of likely N-dealkylation sites (tertiary alicyclic amines) is 1. The molecule has 2 aromatic carbocycles. The van der Waals surface area contributed by atoms with E-state index in [1.54, 1.807) is 60.4 Å². The summed E-state index contributed by atoms with van der Waals surface area (Å²) in [7, 11) is 11.2. The molecule has 28 heteroatoms. The molecule has 0 saturated carbocycles. The number of hydrogen-bond acceptors (Lipinski definition) is 15. The van der Waals surface area contributed by atoms with Gasteiger partial charge in [-0.3, -0.25) is 62.3 Å². The number of aliphatic hydroxyl groups is 1. The lowest BCUT2D eigenvalue weighted by Gasteiger charge is -2.38. The summed E-state index contributed by atoms with van der Waals surface area (Å²) in [5.74, 6) is -10.0. The number of rotatable bonds is 20. The highest BCUT2D eigenvalue weighted by molar-refractivity contribution is 6.00. The SMILES string of the molecule is CC[C@H]1C(=O)N[C@@H](CC(C)C)C(=O)N(C)[C@@H](CC(C)C)C(=O)N(C)[C@@H](Cc2ccccc2)C(=O)N[C@@H](CC(C)C)C(=O)N(C)[C@@H](CC(C)C)C(=O)N(CCc2ccc(C(=O)NC)c(OC)c2)CC(=O)N[C@@H](C(C)O)C(=O)N(C)CC(=O)N(C)[C@@H](CC(C)C)C(=O)N[C@H](C(=O)N2CCCCC2)CC(=O)N1C. The molecule has 28 nitrogen and oxygen atoms in total. The second-order valence-electron chi connectivity index (χ2n) is 30.6. The van der Waals surface area contributed by atoms with Crippen LogP contribution in [0, 0.1) is 29.6 Å². The van der Waals surface area contributed by atoms with Gasteiger partial charge >= 0.3 is 0 Å². The van der Waals surface area contributed by atoms with Gasteiger partial charge in [-0.1, -0.05) is 113 Å². The molecule has 0 bridgehead atoms. The predicted molar refractivity (Wildman–Crippen MR) is 399 cm³/mol. The number of amides is 13. The van der Waals surface area contributed by atoms with E-state index in [1.807, 2.05) is 69.2 Å². The van der Waals surface area contributed by atoms with E-state index in [9.17, 15) is 43.5 Å². The third-order valence-electron chi connectivity index (χ3n) is 19.6. The maximum atomic E-state index is 15.7. The van der Waals surface area contributed by atoms with E-state index in [1.165, 1.54) is 87.9 Å². The molecule has 2 aliphatic rings. The Kier molecular flexibility index (Phi) is 35.4. The first kappa shape index (κ1) is 88.7. The minimum atomic E-state index is -1.71. The number of carbonyl (C=O) groups is 13. The van der Waals surface area contributed by atoms with Gasteiger partial charge in [0, 0.05) is 75.4 Å². The molecule has 2 aromatic rings. The maximum Gasteiger partial charge on any atom is 0.254 e. The van der Waals surface area contributed by atoms with Crippen LogP contribution in [0.2, 0.25) is 0 Å². The Labute approximate surface area is 622 Å². The largest absolute Gasteiger partial charge is 0.496 e. The normalized spacial score (nSPS) is 23.7. The second kappa shape index (κ2) is 41.9. The third-order valence-corrected chi connectivity index (χ3v) is 19.6. The van der Waals surface area contributed by atoms with Gasteiger partial charge in [-0.2, -0.15) is 0 Å². The van der Waals surface area contributed by atoms with Gasteiger partial charge < -0.3 is 75.6 Å². The Hall–Kier alpha value is -8.69. The van der Waals surface area contributed by atoms with Crippen molar-refractivity contribution in [3.8, 4) is 5.75 Å². The molecule has 2 heterocycles. The summed E-state index contributed by atoms with van der Waals surface area (Å²) >= 11 is 0. The standard InChI is InChI=1S/C77H123N13O15/c1-21-58-69(96)79-55(36-46(2)3)72(99)87(18)61(39-49(8)9)75(102)86(17)60(41-52-28-24-22-25-29-52)71(98)80-56(37-47(4)5)73(100)88(19)62(40-50(10)11)76(103)90(35-32-53-30-31-54(68(95)78-13)63(42-53)105-20)44-64(92)82-67(51(12)91)77(104)83(14)45-66(94)85(16)59(38-48(6)7)70(97)81-57(43-65(93)84(58)15)74(101)89-33-26-23-27-34-89/h22,24-25,28-31,42,46-51,55-62,67,91H,21,23,26-27,32-41,43-45H2,1-20H3,(H,78,95)(H,79,96)(H,80,98)(H,81,97)(H,82,92)/t51?,55-,56-,57-,58-,59-,60-,61-,62-,67-/m0/s1. The van der Waals surface area contributed by atoms with Crippen molar-refractivity contribution in [3.05, 3.63) is 65.2 Å². The minimum absolute atomic E-state index is 0.0456. The number of ether oxygens (including phenoxy) is 1. The lowest BCUT2D eigenvalue weighted by molar-refractivity contribution is -0.151. The van der Waals surface area contributed by atoms with E-state index >= 15 is 24.0 Å². The summed E-state index contributed by atoms with van der Waals surface area (Å²) in [4.78, 5) is 203. The van der Waals surface area contributed by atoms with Crippen LogP contribution < -0.4 is 31.3 Å². The average molecular weight is 1470 g/mol. The fourth-order valence-electron chi connectivity index (χ4n) is 13.5. The first-order valence-electron chi connectivity index (χ1n) is 37.2. The summed E-state index contributed by atoms with van der Waals surface area (Å²) in [5, 5.41) is 25.1. The second-order valence-corrected chi connectivity index (χ2v) is 30.6. The Bertz CT molecular complexity index is 3300. The van der Waals surface area contributed by atoms with Crippen LogP contribution in [0.3, 0.4) is 0 Å². The van der Waals surface area contributed by atoms with Crippen LogP contribution in [0.4, 0.5) is 0 Å². The number of hydrogen-bond donors (Lipinski definition) is 6. The zero-order valence-corrected chi connectivity index (χ0v) is 66.0. The van der Waals surface area contributed by atoms with E-state index in [4.69, 9.17) is 4.74 Å². The van der Waals surface area contributed by atoms with Crippen molar-refractivity contribution in [1.82, 2.24) is 65.8 Å². The fourth-order valence-corrected chi connectivity index (χ4v) is 13.5. The quantitative estimate of drug-likeness (QED) is 0.110. The predicted octanol–water partition coefficient (Wildman–Crippen LogP) is 3.64. The van der Waals surface area contributed by atoms with E-state index in [0.717, 1.165) is 16.2 Å². The summed E-state index contributed by atoms with van der Waals surface area (Å²) < 4.78 is 5.58. The highest BCUT2D eigenvalue weighted by atomic mass is 16.5. The van der Waals surface area contributed by atoms with Crippen molar-refractivity contribution in [2.45, 2.75) is 221 Å². The molecule has 2 aliphatic heterocycles. The summed E-state index contributed by atoms with van der Waals surface area (Å²) in [6.07, 6.45) is 0.425. The molecule has 2 fully saturated rings. The Morgan fingerprint density at radius 3 is 1.51 bits per heavy atom. The molecule has 10 atom stereocenters. The van der Waals surface area contributed by atoms with Crippen LogP contribution in [0.15, 0.2) is 48.5 Å². The van der Waals surface area contributed by atoms with Crippen LogP contribution in [0.1, 0.15) is 169 Å². The number of carbonyl (C=O) groups excluding carboxylic acids is 13. The van der Waals surface area contributed by atoms with E-state index < -0.39 is 157 Å². The van der Waals surface area contributed by atoms with Gasteiger partial charge in [0.15, 0.2) is 0 Å². The highest BCUT2D eigenvalue weighted by Gasteiger charge is 2.43. The zero-order chi connectivity index (χ0) is 79.0. The summed E-state index contributed by atoms with van der Waals surface area (Å²) in [6.45, 7) is 20.5. The van der Waals surface area contributed by atoms with Crippen LogP contribution >= 0.6 is 0 Å². The molecule has 1 unspecified atom stereocenters. The molecule has 0 radical (unpaired) electrons. The van der Waals surface area contributed by atoms with Crippen LogP contribution in [-0.4, -0.2) is 271 Å². The van der Waals surface area contributed by atoms with E-state index in [0.29, 0.717) is 37.1 Å². The lowest BCUT2D eigenvalue weighted by Crippen LogP contribution is -2.61. The van der Waals surface area contributed by atoms with Gasteiger partial charge in [0.25, 0.3) is 5.91 Å². The molecule has 0 aromatic heterocycles. The number of nitrogens with zero attached hydrogens (tertiary/aromatic N) is 8. The van der Waals surface area contributed by atoms with Crippen molar-refractivity contribution in [2.75, 3.05) is 89.2 Å². The first-order chi connectivity index (χ1) is 49.3. The summed E-state index contributed by atoms with van der Waals surface area (Å²) in [5.41, 5.74) is 1.47. The lowest BCUT2D eigenvalue weighted by atomic mass is 9.96. The van der Waals surface area contributed by atoms with Crippen molar-refractivity contribution in [2.24, 2.45) is 29.6 Å². The van der Waals surface area contributed by atoms with Gasteiger partial charge in [-0.15, -0.1) is 0 Å². The molecule has 0 spiro atoms. The fraction of sp³-hybridized carbons (Fsp3) is 0.675. The number of methoxy groups -OCH3 is 1. The van der Waals surface area contributed by atoms with Crippen molar-refractivity contribution in [3.63, 3.8) is 0 Å². The minimum Gasteiger partial charge on any atom is -0.496 e. The number of piperidine rings is 1. The van der Waals surface area contributed by atoms with Gasteiger partial charge in [0.2, 0.25) is 70.9 Å². The molecular weight excluding hydrogens is 1350 g/mol. The summed E-state index contributed by atoms with van der Waals surface area (Å²) in [6, 6.07) is 1.71. The topological polar surface area (TPSA) is 337 Å². The average Bonchev–Trinajstić information content (AvgIpc) is 0.810. The molecule has 4 rings (SSSR count). The monoisotopic (exact) mass is 1470 g/mol. The molecule has 0 aliphatic carbocycles. The molecule has 586 valence electrons. The zero-order valence-electron chi connectivity index (χ0n) is 66.0. The van der Waals surface area contributed by atoms with Gasteiger partial charge in [-0.05, 0) is 124 Å². The van der Waals surface area contributed by atoms with Crippen molar-refractivity contribution in [1.29, 1.82) is 0 Å².